The molecular weight excluding hydrogens is 224 g/mol. The van der Waals surface area contributed by atoms with Crippen LogP contribution in [0.1, 0.15) is 31.7 Å². The lowest BCUT2D eigenvalue weighted by Crippen LogP contribution is -2.49. The largest absolute Gasteiger partial charge is 0.496 e. The molecule has 0 spiro atoms. The Morgan fingerprint density at radius 3 is 2.67 bits per heavy atom. The number of ether oxygens (including phenoxy) is 1. The zero-order valence-electron chi connectivity index (χ0n) is 11.6. The van der Waals surface area contributed by atoms with E-state index in [2.05, 4.69) is 30.9 Å². The van der Waals surface area contributed by atoms with Crippen LogP contribution in [-0.2, 0) is 0 Å². The number of methoxy groups -OCH3 is 1. The maximum absolute atomic E-state index is 6.37. The third-order valence-electron chi connectivity index (χ3n) is 3.96. The Morgan fingerprint density at radius 1 is 1.33 bits per heavy atom. The van der Waals surface area contributed by atoms with Gasteiger partial charge in [-0.05, 0) is 38.4 Å². The number of hydrogen-bond acceptors (Lipinski definition) is 3. The van der Waals surface area contributed by atoms with E-state index in [1.165, 1.54) is 5.56 Å². The Hall–Kier alpha value is -1.06. The van der Waals surface area contributed by atoms with Crippen molar-refractivity contribution < 1.29 is 4.74 Å². The Morgan fingerprint density at radius 2 is 2.06 bits per heavy atom. The van der Waals surface area contributed by atoms with E-state index in [1.807, 2.05) is 12.1 Å². The van der Waals surface area contributed by atoms with Crippen molar-refractivity contribution in [2.24, 2.45) is 5.73 Å². The summed E-state index contributed by atoms with van der Waals surface area (Å²) < 4.78 is 5.45. The van der Waals surface area contributed by atoms with E-state index >= 15 is 0 Å². The number of rotatable bonds is 3. The molecule has 18 heavy (non-hydrogen) atoms. The molecule has 1 aliphatic heterocycles. The second-order valence-corrected chi connectivity index (χ2v) is 5.39. The van der Waals surface area contributed by atoms with E-state index in [-0.39, 0.29) is 6.04 Å². The minimum atomic E-state index is 0.192. The zero-order chi connectivity index (χ0) is 13.1. The lowest BCUT2D eigenvalue weighted by molar-refractivity contribution is 0.153. The van der Waals surface area contributed by atoms with Gasteiger partial charge in [-0.1, -0.05) is 18.2 Å². The van der Waals surface area contributed by atoms with Crippen LogP contribution in [0.4, 0.5) is 0 Å². The quantitative estimate of drug-likeness (QED) is 0.891. The molecule has 0 saturated carbocycles. The summed E-state index contributed by atoms with van der Waals surface area (Å²) in [6.45, 7) is 6.56. The fraction of sp³-hybridized carbons (Fsp3) is 0.600. The summed E-state index contributed by atoms with van der Waals surface area (Å²) in [4.78, 5) is 2.45. The molecule has 1 heterocycles. The molecule has 0 bridgehead atoms. The Kier molecular flexibility index (Phi) is 4.25. The van der Waals surface area contributed by atoms with Crippen molar-refractivity contribution in [2.75, 3.05) is 20.2 Å². The van der Waals surface area contributed by atoms with Crippen LogP contribution in [0.3, 0.4) is 0 Å². The maximum Gasteiger partial charge on any atom is 0.122 e. The van der Waals surface area contributed by atoms with E-state index < -0.39 is 0 Å². The van der Waals surface area contributed by atoms with Crippen LogP contribution in [0.5, 0.6) is 5.75 Å². The highest BCUT2D eigenvalue weighted by Crippen LogP contribution is 2.33. The highest BCUT2D eigenvalue weighted by molar-refractivity contribution is 5.37. The van der Waals surface area contributed by atoms with Crippen LogP contribution in [0.2, 0.25) is 0 Å². The highest BCUT2D eigenvalue weighted by Gasteiger charge is 2.30. The monoisotopic (exact) mass is 248 g/mol. The van der Waals surface area contributed by atoms with Crippen molar-refractivity contribution in [3.63, 3.8) is 0 Å². The van der Waals surface area contributed by atoms with Crippen LogP contribution in [0.25, 0.3) is 0 Å². The van der Waals surface area contributed by atoms with Gasteiger partial charge in [-0.15, -0.1) is 0 Å². The van der Waals surface area contributed by atoms with Crippen LogP contribution in [0, 0.1) is 0 Å². The van der Waals surface area contributed by atoms with Gasteiger partial charge in [0.2, 0.25) is 0 Å². The number of hydrogen-bond donors (Lipinski definition) is 1. The van der Waals surface area contributed by atoms with Gasteiger partial charge in [-0.25, -0.2) is 0 Å². The van der Waals surface area contributed by atoms with Gasteiger partial charge in [0, 0.05) is 24.5 Å². The standard InChI is InChI=1S/C15H24N2O/c1-11(2)17-9-8-12(14(16)10-17)13-6-4-5-7-15(13)18-3/h4-7,11-12,14H,8-10,16H2,1-3H3. The smallest absolute Gasteiger partial charge is 0.122 e. The van der Waals surface area contributed by atoms with Crippen LogP contribution >= 0.6 is 0 Å². The third kappa shape index (κ3) is 2.68. The molecule has 2 N–H and O–H groups in total. The van der Waals surface area contributed by atoms with E-state index in [1.54, 1.807) is 7.11 Å². The molecule has 0 aromatic heterocycles. The molecule has 2 unspecified atom stereocenters. The second kappa shape index (κ2) is 5.72. The molecule has 2 atom stereocenters. The van der Waals surface area contributed by atoms with Crippen molar-refractivity contribution in [1.29, 1.82) is 0 Å². The fourth-order valence-corrected chi connectivity index (χ4v) is 2.84. The first kappa shape index (κ1) is 13.4. The normalized spacial score (nSPS) is 25.4. The molecule has 1 aliphatic rings. The Labute approximate surface area is 110 Å². The third-order valence-corrected chi connectivity index (χ3v) is 3.96. The van der Waals surface area contributed by atoms with Gasteiger partial charge in [-0.3, -0.25) is 4.90 Å². The van der Waals surface area contributed by atoms with E-state index in [0.717, 1.165) is 25.3 Å². The van der Waals surface area contributed by atoms with Crippen LogP contribution in [0.15, 0.2) is 24.3 Å². The summed E-state index contributed by atoms with van der Waals surface area (Å²) in [5.41, 5.74) is 7.63. The topological polar surface area (TPSA) is 38.5 Å². The zero-order valence-corrected chi connectivity index (χ0v) is 11.6. The molecule has 0 amide bonds. The predicted molar refractivity (Wildman–Crippen MR) is 75.0 cm³/mol. The Bertz CT molecular complexity index is 392. The first-order valence-electron chi connectivity index (χ1n) is 6.76. The van der Waals surface area contributed by atoms with E-state index in [4.69, 9.17) is 10.5 Å². The molecule has 2 rings (SSSR count). The van der Waals surface area contributed by atoms with Gasteiger partial charge in [0.1, 0.15) is 5.75 Å². The summed E-state index contributed by atoms with van der Waals surface area (Å²) in [6, 6.07) is 9.02. The fourth-order valence-electron chi connectivity index (χ4n) is 2.84. The van der Waals surface area contributed by atoms with E-state index in [9.17, 15) is 0 Å². The molecule has 0 aliphatic carbocycles. The molecular formula is C15H24N2O. The highest BCUT2D eigenvalue weighted by atomic mass is 16.5. The number of nitrogens with two attached hydrogens (primary N) is 1. The van der Waals surface area contributed by atoms with Gasteiger partial charge in [0.15, 0.2) is 0 Å². The Balaban J connectivity index is 2.15. The summed E-state index contributed by atoms with van der Waals surface area (Å²) in [5, 5.41) is 0. The maximum atomic E-state index is 6.37. The number of nitrogens with zero attached hydrogens (tertiary/aromatic N) is 1. The molecule has 1 aromatic rings. The second-order valence-electron chi connectivity index (χ2n) is 5.39. The summed E-state index contributed by atoms with van der Waals surface area (Å²) in [6.07, 6.45) is 1.11. The summed E-state index contributed by atoms with van der Waals surface area (Å²) in [5.74, 6) is 1.38. The predicted octanol–water partition coefficient (Wildman–Crippen LogP) is 2.22. The molecule has 0 radical (unpaired) electrons. The molecule has 3 nitrogen and oxygen atoms in total. The van der Waals surface area contributed by atoms with Gasteiger partial charge in [0.25, 0.3) is 0 Å². The van der Waals surface area contributed by atoms with Gasteiger partial charge >= 0.3 is 0 Å². The molecule has 1 saturated heterocycles. The molecule has 100 valence electrons. The number of likely N-dealkylation sites (tertiary alicyclic amines) is 1. The molecule has 1 aromatic carbocycles. The van der Waals surface area contributed by atoms with Crippen molar-refractivity contribution in [2.45, 2.75) is 38.3 Å². The minimum absolute atomic E-state index is 0.192. The SMILES string of the molecule is COc1ccccc1C1CCN(C(C)C)CC1N. The first-order valence-corrected chi connectivity index (χ1v) is 6.76. The summed E-state index contributed by atoms with van der Waals surface area (Å²) in [7, 11) is 1.73. The summed E-state index contributed by atoms with van der Waals surface area (Å²) >= 11 is 0. The van der Waals surface area contributed by atoms with Crippen molar-refractivity contribution in [1.82, 2.24) is 4.90 Å². The van der Waals surface area contributed by atoms with Crippen molar-refractivity contribution >= 4 is 0 Å². The van der Waals surface area contributed by atoms with Gasteiger partial charge in [-0.2, -0.15) is 0 Å². The van der Waals surface area contributed by atoms with Crippen molar-refractivity contribution in [3.8, 4) is 5.75 Å². The lowest BCUT2D eigenvalue weighted by Gasteiger charge is -2.39. The van der Waals surface area contributed by atoms with Crippen molar-refractivity contribution in [3.05, 3.63) is 29.8 Å². The number of benzene rings is 1. The van der Waals surface area contributed by atoms with E-state index in [0.29, 0.717) is 12.0 Å². The molecule has 3 heteroatoms. The number of piperidine rings is 1. The van der Waals surface area contributed by atoms with Gasteiger partial charge < -0.3 is 10.5 Å². The minimum Gasteiger partial charge on any atom is -0.496 e. The average Bonchev–Trinajstić information content (AvgIpc) is 2.38. The average molecular weight is 248 g/mol. The van der Waals surface area contributed by atoms with Gasteiger partial charge in [0.05, 0.1) is 7.11 Å². The van der Waals surface area contributed by atoms with Crippen LogP contribution in [-0.4, -0.2) is 37.2 Å². The lowest BCUT2D eigenvalue weighted by atomic mass is 9.85. The molecule has 1 fully saturated rings. The first-order chi connectivity index (χ1) is 8.63. The van der Waals surface area contributed by atoms with Crippen LogP contribution < -0.4 is 10.5 Å². The number of para-hydroxylation sites is 1.